The molecule has 1 rings (SSSR count). The fourth-order valence-electron chi connectivity index (χ4n) is 1.25. The lowest BCUT2D eigenvalue weighted by Gasteiger charge is -2.40. The third kappa shape index (κ3) is 1.69. The molecule has 1 N–H and O–H groups in total. The molecule has 0 aliphatic carbocycles. The summed E-state index contributed by atoms with van der Waals surface area (Å²) < 4.78 is 4.90. The van der Waals surface area contributed by atoms with Crippen molar-refractivity contribution in [2.45, 2.75) is 32.7 Å². The van der Waals surface area contributed by atoms with Gasteiger partial charge in [0.2, 0.25) is 0 Å². The predicted molar refractivity (Wildman–Crippen MR) is 45.6 cm³/mol. The molecule has 1 heterocycles. The molecule has 0 spiro atoms. The molecule has 0 aromatic heterocycles. The SMILES string of the molecule is CCNN1C(=O)OCCC1(C)C. The Morgan fingerprint density at radius 1 is 1.67 bits per heavy atom. The second-order valence-electron chi connectivity index (χ2n) is 3.52. The zero-order valence-corrected chi connectivity index (χ0v) is 7.89. The van der Waals surface area contributed by atoms with Crippen molar-refractivity contribution in [1.82, 2.24) is 10.4 Å². The van der Waals surface area contributed by atoms with Crippen molar-refractivity contribution in [1.29, 1.82) is 0 Å². The molecular weight excluding hydrogens is 156 g/mol. The summed E-state index contributed by atoms with van der Waals surface area (Å²) in [5.41, 5.74) is 2.85. The number of carbonyl (C=O) groups is 1. The molecule has 1 fully saturated rings. The van der Waals surface area contributed by atoms with Gasteiger partial charge in [0.1, 0.15) is 0 Å². The van der Waals surface area contributed by atoms with Crippen molar-refractivity contribution in [2.75, 3.05) is 13.2 Å². The van der Waals surface area contributed by atoms with Crippen LogP contribution in [0, 0.1) is 0 Å². The molecule has 1 amide bonds. The highest BCUT2D eigenvalue weighted by atomic mass is 16.6. The number of hydrogen-bond acceptors (Lipinski definition) is 3. The maximum Gasteiger partial charge on any atom is 0.424 e. The fraction of sp³-hybridized carbons (Fsp3) is 0.875. The molecule has 4 nitrogen and oxygen atoms in total. The van der Waals surface area contributed by atoms with Crippen LogP contribution in [0.3, 0.4) is 0 Å². The molecular formula is C8H16N2O2. The number of nitrogens with zero attached hydrogens (tertiary/aromatic N) is 1. The van der Waals surface area contributed by atoms with E-state index in [4.69, 9.17) is 4.74 Å². The van der Waals surface area contributed by atoms with E-state index in [0.717, 1.165) is 13.0 Å². The van der Waals surface area contributed by atoms with Gasteiger partial charge < -0.3 is 4.74 Å². The first-order valence-corrected chi connectivity index (χ1v) is 4.28. The number of carbonyl (C=O) groups excluding carboxylic acids is 1. The molecule has 4 heteroatoms. The minimum atomic E-state index is -0.270. The van der Waals surface area contributed by atoms with Gasteiger partial charge in [-0.05, 0) is 13.8 Å². The molecule has 1 saturated heterocycles. The lowest BCUT2D eigenvalue weighted by Crippen LogP contribution is -2.58. The van der Waals surface area contributed by atoms with Crippen LogP contribution in [0.15, 0.2) is 0 Å². The molecule has 1 aliphatic heterocycles. The van der Waals surface area contributed by atoms with Crippen LogP contribution >= 0.6 is 0 Å². The van der Waals surface area contributed by atoms with E-state index < -0.39 is 0 Å². The first-order valence-electron chi connectivity index (χ1n) is 4.28. The smallest absolute Gasteiger partial charge is 0.424 e. The van der Waals surface area contributed by atoms with Crippen molar-refractivity contribution >= 4 is 6.09 Å². The highest BCUT2D eigenvalue weighted by molar-refractivity contribution is 5.68. The zero-order chi connectivity index (χ0) is 9.19. The maximum absolute atomic E-state index is 11.2. The van der Waals surface area contributed by atoms with E-state index in [1.54, 1.807) is 5.01 Å². The summed E-state index contributed by atoms with van der Waals surface area (Å²) in [4.78, 5) is 11.2. The largest absolute Gasteiger partial charge is 0.448 e. The summed E-state index contributed by atoms with van der Waals surface area (Å²) in [5, 5.41) is 1.57. The van der Waals surface area contributed by atoms with Gasteiger partial charge in [0.15, 0.2) is 0 Å². The number of hydrogen-bond donors (Lipinski definition) is 1. The van der Waals surface area contributed by atoms with Gasteiger partial charge in [0.05, 0.1) is 12.1 Å². The topological polar surface area (TPSA) is 41.6 Å². The molecule has 0 bridgehead atoms. The summed E-state index contributed by atoms with van der Waals surface area (Å²) >= 11 is 0. The van der Waals surface area contributed by atoms with Gasteiger partial charge in [-0.15, -0.1) is 0 Å². The Morgan fingerprint density at radius 2 is 2.33 bits per heavy atom. The van der Waals surface area contributed by atoms with Gasteiger partial charge in [-0.1, -0.05) is 6.92 Å². The first-order chi connectivity index (χ1) is 5.58. The predicted octanol–water partition coefficient (Wildman–Crippen LogP) is 1.13. The van der Waals surface area contributed by atoms with E-state index in [0.29, 0.717) is 6.61 Å². The van der Waals surface area contributed by atoms with Crippen molar-refractivity contribution in [3.05, 3.63) is 0 Å². The maximum atomic E-state index is 11.2. The van der Waals surface area contributed by atoms with Crippen LogP contribution in [0.4, 0.5) is 4.79 Å². The van der Waals surface area contributed by atoms with E-state index in [9.17, 15) is 4.79 Å². The molecule has 70 valence electrons. The summed E-state index contributed by atoms with van der Waals surface area (Å²) in [6.45, 7) is 7.26. The van der Waals surface area contributed by atoms with Crippen LogP contribution in [-0.4, -0.2) is 29.8 Å². The number of hydrazine groups is 1. The van der Waals surface area contributed by atoms with Crippen molar-refractivity contribution in [3.8, 4) is 0 Å². The number of nitrogens with one attached hydrogen (secondary N) is 1. The summed E-state index contributed by atoms with van der Waals surface area (Å²) in [5.74, 6) is 0. The molecule has 0 atom stereocenters. The van der Waals surface area contributed by atoms with Gasteiger partial charge in [-0.25, -0.2) is 15.2 Å². The number of rotatable bonds is 2. The minimum absolute atomic E-state index is 0.134. The third-order valence-corrected chi connectivity index (χ3v) is 2.04. The average molecular weight is 172 g/mol. The number of amides is 1. The van der Waals surface area contributed by atoms with Crippen LogP contribution in [0.25, 0.3) is 0 Å². The molecule has 12 heavy (non-hydrogen) atoms. The Bertz CT molecular complexity index is 180. The Morgan fingerprint density at radius 3 is 2.83 bits per heavy atom. The average Bonchev–Trinajstić information content (AvgIpc) is 1.97. The zero-order valence-electron chi connectivity index (χ0n) is 7.89. The van der Waals surface area contributed by atoms with Gasteiger partial charge in [-0.2, -0.15) is 0 Å². The van der Waals surface area contributed by atoms with Crippen molar-refractivity contribution < 1.29 is 9.53 Å². The van der Waals surface area contributed by atoms with Crippen LogP contribution in [0.1, 0.15) is 27.2 Å². The van der Waals surface area contributed by atoms with Crippen molar-refractivity contribution in [3.63, 3.8) is 0 Å². The Balaban J connectivity index is 2.67. The monoisotopic (exact) mass is 172 g/mol. The second kappa shape index (κ2) is 3.31. The normalized spacial score (nSPS) is 22.2. The van der Waals surface area contributed by atoms with Crippen LogP contribution in [0.5, 0.6) is 0 Å². The fourth-order valence-corrected chi connectivity index (χ4v) is 1.25. The third-order valence-electron chi connectivity index (χ3n) is 2.04. The molecule has 0 saturated carbocycles. The van der Waals surface area contributed by atoms with Crippen LogP contribution < -0.4 is 5.43 Å². The van der Waals surface area contributed by atoms with E-state index >= 15 is 0 Å². The van der Waals surface area contributed by atoms with E-state index in [1.807, 2.05) is 20.8 Å². The Hall–Kier alpha value is -0.770. The van der Waals surface area contributed by atoms with Crippen molar-refractivity contribution in [2.24, 2.45) is 0 Å². The molecule has 0 aromatic rings. The van der Waals surface area contributed by atoms with Crippen LogP contribution in [0.2, 0.25) is 0 Å². The highest BCUT2D eigenvalue weighted by Crippen LogP contribution is 2.21. The van der Waals surface area contributed by atoms with E-state index in [1.165, 1.54) is 0 Å². The van der Waals surface area contributed by atoms with Crippen LogP contribution in [-0.2, 0) is 4.74 Å². The molecule has 1 aliphatic rings. The van der Waals surface area contributed by atoms with Gasteiger partial charge >= 0.3 is 6.09 Å². The summed E-state index contributed by atoms with van der Waals surface area (Å²) in [6.07, 6.45) is 0.597. The summed E-state index contributed by atoms with van der Waals surface area (Å²) in [6, 6.07) is 0. The molecule has 0 radical (unpaired) electrons. The van der Waals surface area contributed by atoms with Gasteiger partial charge in [0, 0.05) is 13.0 Å². The first kappa shape index (κ1) is 9.32. The summed E-state index contributed by atoms with van der Waals surface area (Å²) in [7, 11) is 0. The molecule has 0 aromatic carbocycles. The Kier molecular flexibility index (Phi) is 2.57. The van der Waals surface area contributed by atoms with Gasteiger partial charge in [0.25, 0.3) is 0 Å². The number of ether oxygens (including phenoxy) is 1. The van der Waals surface area contributed by atoms with E-state index in [-0.39, 0.29) is 11.6 Å². The number of cyclic esters (lactones) is 1. The quantitative estimate of drug-likeness (QED) is 0.679. The molecule has 0 unspecified atom stereocenters. The minimum Gasteiger partial charge on any atom is -0.448 e. The lowest BCUT2D eigenvalue weighted by molar-refractivity contribution is -0.0150. The Labute approximate surface area is 72.8 Å². The highest BCUT2D eigenvalue weighted by Gasteiger charge is 2.35. The lowest BCUT2D eigenvalue weighted by atomic mass is 10.00. The standard InChI is InChI=1S/C8H16N2O2/c1-4-9-10-7(11)12-6-5-8(10,2)3/h9H,4-6H2,1-3H3. The van der Waals surface area contributed by atoms with E-state index in [2.05, 4.69) is 5.43 Å². The second-order valence-corrected chi connectivity index (χ2v) is 3.52. The van der Waals surface area contributed by atoms with Gasteiger partial charge in [-0.3, -0.25) is 0 Å².